The van der Waals surface area contributed by atoms with Gasteiger partial charge in [-0.25, -0.2) is 9.37 Å². The number of amides is 1. The van der Waals surface area contributed by atoms with Gasteiger partial charge in [0.25, 0.3) is 5.91 Å². The molecule has 0 saturated carbocycles. The number of nitrogens with zero attached hydrogens (tertiary/aromatic N) is 2. The second-order valence-corrected chi connectivity index (χ2v) is 6.80. The second kappa shape index (κ2) is 7.94. The molecule has 1 fully saturated rings. The molecule has 0 bridgehead atoms. The molecule has 4 rings (SSSR count). The van der Waals surface area contributed by atoms with E-state index in [0.29, 0.717) is 32.1 Å². The predicted octanol–water partition coefficient (Wildman–Crippen LogP) is 3.59. The van der Waals surface area contributed by atoms with E-state index in [1.165, 1.54) is 12.1 Å². The highest BCUT2D eigenvalue weighted by molar-refractivity contribution is 5.86. The van der Waals surface area contributed by atoms with Crippen molar-refractivity contribution in [1.82, 2.24) is 9.88 Å². The lowest BCUT2D eigenvalue weighted by Gasteiger charge is -2.26. The minimum Gasteiger partial charge on any atom is -0.484 e. The highest BCUT2D eigenvalue weighted by Gasteiger charge is 2.17. The second-order valence-electron chi connectivity index (χ2n) is 6.80. The predicted molar refractivity (Wildman–Crippen MR) is 105 cm³/mol. The molecule has 2 aromatic carbocycles. The summed E-state index contributed by atoms with van der Waals surface area (Å²) in [7, 11) is 0. The van der Waals surface area contributed by atoms with Crippen LogP contribution >= 0.6 is 0 Å². The van der Waals surface area contributed by atoms with Crippen LogP contribution in [-0.2, 0) is 9.53 Å². The molecule has 0 spiro atoms. The van der Waals surface area contributed by atoms with Crippen molar-refractivity contribution in [3.05, 3.63) is 59.9 Å². The van der Waals surface area contributed by atoms with E-state index in [2.05, 4.69) is 4.98 Å². The first-order chi connectivity index (χ1) is 13.6. The van der Waals surface area contributed by atoms with Crippen molar-refractivity contribution in [2.24, 2.45) is 0 Å². The number of halogens is 1. The molecule has 1 saturated heterocycles. The molecule has 3 aromatic rings. The van der Waals surface area contributed by atoms with Crippen LogP contribution in [0.2, 0.25) is 0 Å². The number of aromatic nitrogens is 1. The average molecular weight is 380 g/mol. The fourth-order valence-corrected chi connectivity index (χ4v) is 3.31. The molecular formula is C22H21FN2O3. The van der Waals surface area contributed by atoms with Crippen LogP contribution in [0.15, 0.2) is 48.5 Å². The number of pyridine rings is 1. The third-order valence-electron chi connectivity index (χ3n) is 4.83. The highest BCUT2D eigenvalue weighted by Crippen LogP contribution is 2.27. The minimum absolute atomic E-state index is 0.000636. The van der Waals surface area contributed by atoms with Gasteiger partial charge in [-0.3, -0.25) is 4.79 Å². The standard InChI is InChI=1S/C22H21FN2O3/c1-15-11-21(16-3-2-4-17(23)12-16)24-20-6-5-18(13-19(15)20)28-14-22(26)25-7-9-27-10-8-25/h2-6,11-13H,7-10,14H2,1H3. The van der Waals surface area contributed by atoms with Gasteiger partial charge in [0.2, 0.25) is 0 Å². The number of fused-ring (bicyclic) bond motifs is 1. The van der Waals surface area contributed by atoms with E-state index in [1.807, 2.05) is 31.2 Å². The summed E-state index contributed by atoms with van der Waals surface area (Å²) in [6.07, 6.45) is 0. The van der Waals surface area contributed by atoms with Crippen LogP contribution < -0.4 is 4.74 Å². The van der Waals surface area contributed by atoms with E-state index in [-0.39, 0.29) is 18.3 Å². The Morgan fingerprint density at radius 2 is 2.00 bits per heavy atom. The van der Waals surface area contributed by atoms with Crippen molar-refractivity contribution >= 4 is 16.8 Å². The molecule has 28 heavy (non-hydrogen) atoms. The molecule has 2 heterocycles. The van der Waals surface area contributed by atoms with Crippen LogP contribution in [-0.4, -0.2) is 48.7 Å². The number of rotatable bonds is 4. The lowest BCUT2D eigenvalue weighted by Crippen LogP contribution is -2.42. The van der Waals surface area contributed by atoms with Gasteiger partial charge in [-0.15, -0.1) is 0 Å². The Balaban J connectivity index is 1.53. The zero-order valence-electron chi connectivity index (χ0n) is 15.7. The molecule has 144 valence electrons. The molecule has 0 N–H and O–H groups in total. The quantitative estimate of drug-likeness (QED) is 0.694. The Hall–Kier alpha value is -2.99. The van der Waals surface area contributed by atoms with Gasteiger partial charge >= 0.3 is 0 Å². The van der Waals surface area contributed by atoms with Crippen molar-refractivity contribution in [3.8, 4) is 17.0 Å². The van der Waals surface area contributed by atoms with Crippen LogP contribution in [0.3, 0.4) is 0 Å². The fraction of sp³-hybridized carbons (Fsp3) is 0.273. The maximum atomic E-state index is 13.5. The van der Waals surface area contributed by atoms with Gasteiger partial charge in [-0.2, -0.15) is 0 Å². The average Bonchev–Trinajstić information content (AvgIpc) is 2.72. The van der Waals surface area contributed by atoms with Crippen molar-refractivity contribution in [2.75, 3.05) is 32.9 Å². The molecular weight excluding hydrogens is 359 g/mol. The number of aryl methyl sites for hydroxylation is 1. The molecule has 1 amide bonds. The molecule has 6 heteroatoms. The maximum Gasteiger partial charge on any atom is 0.260 e. The Bertz CT molecular complexity index is 1020. The van der Waals surface area contributed by atoms with Crippen LogP contribution in [0.4, 0.5) is 4.39 Å². The van der Waals surface area contributed by atoms with E-state index < -0.39 is 0 Å². The number of carbonyl (C=O) groups is 1. The molecule has 1 aliphatic heterocycles. The zero-order chi connectivity index (χ0) is 19.5. The normalized spacial score (nSPS) is 14.3. The van der Waals surface area contributed by atoms with Crippen molar-refractivity contribution in [3.63, 3.8) is 0 Å². The molecule has 0 aliphatic carbocycles. The summed E-state index contributed by atoms with van der Waals surface area (Å²) in [4.78, 5) is 18.6. The van der Waals surface area contributed by atoms with Crippen molar-refractivity contribution < 1.29 is 18.7 Å². The van der Waals surface area contributed by atoms with Crippen LogP contribution in [0.1, 0.15) is 5.56 Å². The largest absolute Gasteiger partial charge is 0.484 e. The maximum absolute atomic E-state index is 13.5. The van der Waals surface area contributed by atoms with E-state index >= 15 is 0 Å². The number of benzene rings is 2. The Morgan fingerprint density at radius 1 is 1.18 bits per heavy atom. The summed E-state index contributed by atoms with van der Waals surface area (Å²) < 4.78 is 24.5. The van der Waals surface area contributed by atoms with Crippen LogP contribution in [0, 0.1) is 12.7 Å². The number of morpholine rings is 1. The Labute approximate surface area is 162 Å². The summed E-state index contributed by atoms with van der Waals surface area (Å²) in [6.45, 7) is 4.33. The lowest BCUT2D eigenvalue weighted by molar-refractivity contribution is -0.137. The van der Waals surface area contributed by atoms with E-state index in [9.17, 15) is 9.18 Å². The Morgan fingerprint density at radius 3 is 2.79 bits per heavy atom. The van der Waals surface area contributed by atoms with Gasteiger partial charge < -0.3 is 14.4 Å². The summed E-state index contributed by atoms with van der Waals surface area (Å²) in [5.74, 6) is 0.294. The molecule has 1 aromatic heterocycles. The smallest absolute Gasteiger partial charge is 0.260 e. The van der Waals surface area contributed by atoms with Gasteiger partial charge in [-0.1, -0.05) is 12.1 Å². The van der Waals surface area contributed by atoms with Gasteiger partial charge in [-0.05, 0) is 48.9 Å². The third-order valence-corrected chi connectivity index (χ3v) is 4.83. The van der Waals surface area contributed by atoms with Crippen LogP contribution in [0.5, 0.6) is 5.75 Å². The lowest BCUT2D eigenvalue weighted by atomic mass is 10.0. The first kappa shape index (κ1) is 18.4. The topological polar surface area (TPSA) is 51.7 Å². The number of carbonyl (C=O) groups excluding carboxylic acids is 1. The van der Waals surface area contributed by atoms with Gasteiger partial charge in [0.15, 0.2) is 6.61 Å². The van der Waals surface area contributed by atoms with Gasteiger partial charge in [0.1, 0.15) is 11.6 Å². The first-order valence-electron chi connectivity index (χ1n) is 9.26. The van der Waals surface area contributed by atoms with E-state index in [1.54, 1.807) is 17.0 Å². The van der Waals surface area contributed by atoms with E-state index in [4.69, 9.17) is 9.47 Å². The monoisotopic (exact) mass is 380 g/mol. The summed E-state index contributed by atoms with van der Waals surface area (Å²) >= 11 is 0. The fourth-order valence-electron chi connectivity index (χ4n) is 3.31. The number of hydrogen-bond donors (Lipinski definition) is 0. The zero-order valence-corrected chi connectivity index (χ0v) is 15.7. The summed E-state index contributed by atoms with van der Waals surface area (Å²) in [5, 5.41) is 0.941. The SMILES string of the molecule is Cc1cc(-c2cccc(F)c2)nc2ccc(OCC(=O)N3CCOCC3)cc12. The van der Waals surface area contributed by atoms with Gasteiger partial charge in [0, 0.05) is 24.0 Å². The van der Waals surface area contributed by atoms with Gasteiger partial charge in [0.05, 0.1) is 24.4 Å². The summed E-state index contributed by atoms with van der Waals surface area (Å²) in [6, 6.07) is 13.9. The third kappa shape index (κ3) is 3.97. The molecule has 5 nitrogen and oxygen atoms in total. The molecule has 0 atom stereocenters. The molecule has 0 radical (unpaired) electrons. The van der Waals surface area contributed by atoms with Crippen LogP contribution in [0.25, 0.3) is 22.2 Å². The minimum atomic E-state index is -0.286. The summed E-state index contributed by atoms with van der Waals surface area (Å²) in [5.41, 5.74) is 3.27. The highest BCUT2D eigenvalue weighted by atomic mass is 19.1. The van der Waals surface area contributed by atoms with E-state index in [0.717, 1.165) is 27.7 Å². The number of hydrogen-bond acceptors (Lipinski definition) is 4. The molecule has 1 aliphatic rings. The van der Waals surface area contributed by atoms with Crippen molar-refractivity contribution in [2.45, 2.75) is 6.92 Å². The Kier molecular flexibility index (Phi) is 5.21. The number of ether oxygens (including phenoxy) is 2. The van der Waals surface area contributed by atoms with Crippen molar-refractivity contribution in [1.29, 1.82) is 0 Å². The first-order valence-corrected chi connectivity index (χ1v) is 9.26. The molecule has 0 unspecified atom stereocenters.